The van der Waals surface area contributed by atoms with E-state index in [0.717, 1.165) is 11.4 Å². The van der Waals surface area contributed by atoms with Gasteiger partial charge >= 0.3 is 0 Å². The van der Waals surface area contributed by atoms with Crippen LogP contribution in [-0.4, -0.2) is 12.8 Å². The Balaban J connectivity index is 2.54. The van der Waals surface area contributed by atoms with Crippen LogP contribution in [0, 0.1) is 0 Å². The summed E-state index contributed by atoms with van der Waals surface area (Å²) >= 11 is 0. The third-order valence-corrected chi connectivity index (χ3v) is 1.35. The van der Waals surface area contributed by atoms with Crippen molar-refractivity contribution in [1.82, 2.24) is 0 Å². The van der Waals surface area contributed by atoms with E-state index in [1.54, 1.807) is 6.21 Å². The van der Waals surface area contributed by atoms with Crippen molar-refractivity contribution in [3.05, 3.63) is 18.5 Å². The number of hydrogen-bond acceptors (Lipinski definition) is 2. The topological polar surface area (TPSA) is 35.7 Å². The summed E-state index contributed by atoms with van der Waals surface area (Å²) in [6.07, 6.45) is 5.38. The van der Waals surface area contributed by atoms with Gasteiger partial charge in [-0.25, -0.2) is 9.98 Å². The van der Waals surface area contributed by atoms with Gasteiger partial charge in [-0.15, -0.1) is 0 Å². The van der Waals surface area contributed by atoms with Crippen molar-refractivity contribution in [2.45, 2.75) is 0 Å². The van der Waals surface area contributed by atoms with Crippen LogP contribution in [-0.2, 0) is 0 Å². The van der Waals surface area contributed by atoms with E-state index in [9.17, 15) is 0 Å². The van der Waals surface area contributed by atoms with Crippen molar-refractivity contribution < 1.29 is 9.72 Å². The van der Waals surface area contributed by atoms with Crippen molar-refractivity contribution in [2.24, 2.45) is 4.99 Å². The summed E-state index contributed by atoms with van der Waals surface area (Å²) in [7, 11) is 0. The van der Waals surface area contributed by atoms with E-state index in [4.69, 9.17) is 4.74 Å². The molecule has 0 saturated heterocycles. The fourth-order valence-corrected chi connectivity index (χ4v) is 0.893. The molecule has 0 bridgehead atoms. The predicted octanol–water partition coefficient (Wildman–Crippen LogP) is 0.595. The molecule has 1 aliphatic rings. The van der Waals surface area contributed by atoms with E-state index in [2.05, 4.69) is 9.98 Å². The quantitative estimate of drug-likeness (QED) is 0.513. The predicted molar refractivity (Wildman–Crippen MR) is 36.6 cm³/mol. The van der Waals surface area contributed by atoms with Gasteiger partial charge in [-0.2, -0.15) is 0 Å². The Morgan fingerprint density at radius 1 is 1.60 bits per heavy atom. The number of fused-ring (bicyclic) bond motifs is 1. The largest absolute Gasteiger partial charge is 0.485 e. The van der Waals surface area contributed by atoms with Crippen LogP contribution < -0.4 is 9.72 Å². The zero-order chi connectivity index (χ0) is 6.81. The van der Waals surface area contributed by atoms with Gasteiger partial charge < -0.3 is 4.74 Å². The van der Waals surface area contributed by atoms with Crippen LogP contribution in [0.25, 0.3) is 0 Å². The van der Waals surface area contributed by atoms with E-state index in [0.29, 0.717) is 6.61 Å². The van der Waals surface area contributed by atoms with Crippen LogP contribution in [0.5, 0.6) is 5.75 Å². The number of H-pyrrole nitrogens is 1. The van der Waals surface area contributed by atoms with E-state index in [1.165, 1.54) is 0 Å². The molecule has 1 aliphatic heterocycles. The lowest BCUT2D eigenvalue weighted by Gasteiger charge is -2.06. The van der Waals surface area contributed by atoms with Gasteiger partial charge in [-0.05, 0) is 0 Å². The molecular formula is C7H7N2O+. The highest BCUT2D eigenvalue weighted by Crippen LogP contribution is 2.25. The number of aliphatic imine (C=N–C) groups is 1. The van der Waals surface area contributed by atoms with Crippen molar-refractivity contribution >= 4 is 11.9 Å². The average molecular weight is 135 g/mol. The molecule has 1 N–H and O–H groups in total. The van der Waals surface area contributed by atoms with Crippen LogP contribution in [0.4, 0.5) is 5.69 Å². The summed E-state index contributed by atoms with van der Waals surface area (Å²) in [5.41, 5.74) is 0.869. The minimum Gasteiger partial charge on any atom is -0.485 e. The molecular weight excluding hydrogens is 128 g/mol. The number of aromatic amines is 1. The van der Waals surface area contributed by atoms with Crippen molar-refractivity contribution in [2.75, 3.05) is 6.61 Å². The minimum atomic E-state index is 0.580. The number of nitrogens with zero attached hydrogens (tertiary/aromatic N) is 1. The summed E-state index contributed by atoms with van der Waals surface area (Å²) in [4.78, 5) is 7.04. The summed E-state index contributed by atoms with van der Waals surface area (Å²) in [6, 6.07) is 1.87. The fourth-order valence-electron chi connectivity index (χ4n) is 0.893. The Hall–Kier alpha value is -1.38. The summed E-state index contributed by atoms with van der Waals surface area (Å²) < 4.78 is 5.25. The Morgan fingerprint density at radius 2 is 2.60 bits per heavy atom. The molecule has 0 aliphatic carbocycles. The number of aromatic nitrogens is 1. The van der Waals surface area contributed by atoms with E-state index in [1.807, 2.05) is 18.5 Å². The summed E-state index contributed by atoms with van der Waals surface area (Å²) in [6.45, 7) is 0.580. The zero-order valence-corrected chi connectivity index (χ0v) is 5.37. The highest BCUT2D eigenvalue weighted by atomic mass is 16.5. The second kappa shape index (κ2) is 2.10. The number of pyridine rings is 1. The van der Waals surface area contributed by atoms with Gasteiger partial charge in [0.15, 0.2) is 23.8 Å². The minimum absolute atomic E-state index is 0.580. The molecule has 0 saturated carbocycles. The van der Waals surface area contributed by atoms with Crippen LogP contribution in [0.3, 0.4) is 0 Å². The Labute approximate surface area is 58.4 Å². The van der Waals surface area contributed by atoms with Gasteiger partial charge in [0.1, 0.15) is 6.61 Å². The molecule has 3 nitrogen and oxygen atoms in total. The molecule has 1 aromatic rings. The first kappa shape index (κ1) is 5.41. The Bertz CT molecular complexity index is 270. The second-order valence-corrected chi connectivity index (χ2v) is 2.02. The zero-order valence-electron chi connectivity index (χ0n) is 5.37. The molecule has 2 heterocycles. The van der Waals surface area contributed by atoms with E-state index in [-0.39, 0.29) is 0 Å². The lowest BCUT2D eigenvalue weighted by molar-refractivity contribution is -0.377. The third kappa shape index (κ3) is 0.757. The van der Waals surface area contributed by atoms with Gasteiger partial charge in [-0.3, -0.25) is 0 Å². The number of rotatable bonds is 0. The van der Waals surface area contributed by atoms with Gasteiger partial charge in [0.25, 0.3) is 0 Å². The molecule has 0 aromatic carbocycles. The highest BCUT2D eigenvalue weighted by Gasteiger charge is 2.06. The number of hydrogen-bond donors (Lipinski definition) is 0. The second-order valence-electron chi connectivity index (χ2n) is 2.02. The maximum atomic E-state index is 5.25. The molecule has 0 radical (unpaired) electrons. The van der Waals surface area contributed by atoms with Gasteiger partial charge in [-0.1, -0.05) is 0 Å². The number of ether oxygens (including phenoxy) is 1. The molecule has 0 spiro atoms. The maximum absolute atomic E-state index is 5.25. The highest BCUT2D eigenvalue weighted by molar-refractivity contribution is 5.69. The van der Waals surface area contributed by atoms with Gasteiger partial charge in [0.2, 0.25) is 0 Å². The van der Waals surface area contributed by atoms with Crippen LogP contribution in [0.1, 0.15) is 0 Å². The molecule has 50 valence electrons. The molecule has 10 heavy (non-hydrogen) atoms. The van der Waals surface area contributed by atoms with Crippen molar-refractivity contribution in [3.8, 4) is 5.75 Å². The first-order valence-corrected chi connectivity index (χ1v) is 3.12. The van der Waals surface area contributed by atoms with E-state index >= 15 is 0 Å². The lowest BCUT2D eigenvalue weighted by Crippen LogP contribution is -2.06. The monoisotopic (exact) mass is 135 g/mol. The number of nitrogens with one attached hydrogen (secondary N) is 1. The van der Waals surface area contributed by atoms with Crippen LogP contribution >= 0.6 is 0 Å². The molecule has 0 atom stereocenters. The average Bonchev–Trinajstić information content (AvgIpc) is 2.05. The maximum Gasteiger partial charge on any atom is 0.196 e. The smallest absolute Gasteiger partial charge is 0.196 e. The normalized spacial score (nSPS) is 14.0. The van der Waals surface area contributed by atoms with Crippen LogP contribution in [0.2, 0.25) is 0 Å². The fraction of sp³-hybridized carbons (Fsp3) is 0.143. The van der Waals surface area contributed by atoms with Gasteiger partial charge in [0, 0.05) is 12.3 Å². The molecule has 0 unspecified atom stereocenters. The Kier molecular flexibility index (Phi) is 1.13. The van der Waals surface area contributed by atoms with Crippen LogP contribution in [0.15, 0.2) is 23.5 Å². The van der Waals surface area contributed by atoms with Gasteiger partial charge in [0.05, 0.1) is 0 Å². The lowest BCUT2D eigenvalue weighted by atomic mass is 10.4. The van der Waals surface area contributed by atoms with Crippen molar-refractivity contribution in [3.63, 3.8) is 0 Å². The standard InChI is InChI=1S/C7H6N2O/c1-2-8-5-6-7(1)10-4-3-9-6/h1-3,5H,4H2/p+1. The molecule has 0 amide bonds. The van der Waals surface area contributed by atoms with E-state index < -0.39 is 0 Å². The SMILES string of the molecule is C1=Nc2c[nH+]ccc2OC1. The Morgan fingerprint density at radius 3 is 3.50 bits per heavy atom. The molecule has 0 fully saturated rings. The summed E-state index contributed by atoms with van der Waals surface area (Å²) in [5, 5.41) is 0. The molecule has 2 rings (SSSR count). The third-order valence-electron chi connectivity index (χ3n) is 1.35. The van der Waals surface area contributed by atoms with Crippen molar-refractivity contribution in [1.29, 1.82) is 0 Å². The molecule has 1 aromatic heterocycles. The first-order valence-electron chi connectivity index (χ1n) is 3.12. The molecule has 3 heteroatoms. The summed E-state index contributed by atoms with van der Waals surface area (Å²) in [5.74, 6) is 0.848. The first-order chi connectivity index (χ1) is 4.97.